The first-order chi connectivity index (χ1) is 8.28. The highest BCUT2D eigenvalue weighted by Crippen LogP contribution is 2.58. The molecule has 1 unspecified atom stereocenters. The van der Waals surface area contributed by atoms with E-state index in [2.05, 4.69) is 16.9 Å². The molecule has 18 heavy (non-hydrogen) atoms. The quantitative estimate of drug-likeness (QED) is 0.892. The average Bonchev–Trinajstić information content (AvgIpc) is 2.90. The molecule has 1 saturated carbocycles. The first-order valence-corrected chi connectivity index (χ1v) is 6.75. The zero-order valence-corrected chi connectivity index (χ0v) is 12.3. The molecule has 0 spiro atoms. The SMILES string of the molecule is CN(C)CCn1ncc(Cl)c1C(C)(O)C1(C)CC1. The first-order valence-electron chi connectivity index (χ1n) is 6.37. The summed E-state index contributed by atoms with van der Waals surface area (Å²) in [7, 11) is 4.04. The topological polar surface area (TPSA) is 41.3 Å². The van der Waals surface area contributed by atoms with Crippen molar-refractivity contribution in [3.05, 3.63) is 16.9 Å². The third kappa shape index (κ3) is 2.29. The molecule has 0 aromatic carbocycles. The zero-order chi connectivity index (χ0) is 13.6. The summed E-state index contributed by atoms with van der Waals surface area (Å²) >= 11 is 6.22. The monoisotopic (exact) mass is 271 g/mol. The Morgan fingerprint density at radius 1 is 1.56 bits per heavy atom. The van der Waals surface area contributed by atoms with Crippen LogP contribution in [0.25, 0.3) is 0 Å². The third-order valence-electron chi connectivity index (χ3n) is 4.19. The number of likely N-dealkylation sites (N-methyl/N-ethyl adjacent to an activating group) is 1. The molecule has 0 amide bonds. The van der Waals surface area contributed by atoms with Crippen LogP contribution in [0.3, 0.4) is 0 Å². The molecule has 1 aromatic rings. The van der Waals surface area contributed by atoms with Gasteiger partial charge in [-0.3, -0.25) is 4.68 Å². The second kappa shape index (κ2) is 4.51. The van der Waals surface area contributed by atoms with E-state index >= 15 is 0 Å². The molecular formula is C13H22ClN3O. The fourth-order valence-corrected chi connectivity index (χ4v) is 2.60. The van der Waals surface area contributed by atoms with Gasteiger partial charge in [-0.05, 0) is 33.9 Å². The lowest BCUT2D eigenvalue weighted by Crippen LogP contribution is -2.35. The Labute approximate surface area is 114 Å². The highest BCUT2D eigenvalue weighted by atomic mass is 35.5. The normalized spacial score (nSPS) is 21.1. The van der Waals surface area contributed by atoms with Crippen LogP contribution in [0.2, 0.25) is 5.02 Å². The van der Waals surface area contributed by atoms with E-state index < -0.39 is 5.60 Å². The fourth-order valence-electron chi connectivity index (χ4n) is 2.27. The lowest BCUT2D eigenvalue weighted by atomic mass is 9.84. The van der Waals surface area contributed by atoms with Crippen LogP contribution in [-0.4, -0.2) is 40.4 Å². The maximum Gasteiger partial charge on any atom is 0.110 e. The predicted molar refractivity (Wildman–Crippen MR) is 72.7 cm³/mol. The van der Waals surface area contributed by atoms with E-state index in [1.165, 1.54) is 0 Å². The van der Waals surface area contributed by atoms with E-state index in [0.717, 1.165) is 31.6 Å². The molecular weight excluding hydrogens is 250 g/mol. The Morgan fingerprint density at radius 2 is 2.17 bits per heavy atom. The number of rotatable bonds is 5. The van der Waals surface area contributed by atoms with Crippen LogP contribution in [-0.2, 0) is 12.1 Å². The van der Waals surface area contributed by atoms with Crippen molar-refractivity contribution in [3.63, 3.8) is 0 Å². The van der Waals surface area contributed by atoms with Crippen LogP contribution in [0.1, 0.15) is 32.4 Å². The van der Waals surface area contributed by atoms with Gasteiger partial charge >= 0.3 is 0 Å². The maximum atomic E-state index is 10.8. The molecule has 2 rings (SSSR count). The molecule has 102 valence electrons. The largest absolute Gasteiger partial charge is 0.383 e. The fraction of sp³-hybridized carbons (Fsp3) is 0.769. The van der Waals surface area contributed by atoms with E-state index in [1.54, 1.807) is 6.20 Å². The lowest BCUT2D eigenvalue weighted by Gasteiger charge is -2.31. The van der Waals surface area contributed by atoms with Gasteiger partial charge in [0.1, 0.15) is 5.60 Å². The van der Waals surface area contributed by atoms with Crippen molar-refractivity contribution in [2.75, 3.05) is 20.6 Å². The summed E-state index contributed by atoms with van der Waals surface area (Å²) in [5, 5.41) is 15.7. The van der Waals surface area contributed by atoms with E-state index in [1.807, 2.05) is 25.7 Å². The van der Waals surface area contributed by atoms with Crippen molar-refractivity contribution in [3.8, 4) is 0 Å². The number of aliphatic hydroxyl groups is 1. The van der Waals surface area contributed by atoms with Gasteiger partial charge in [0.15, 0.2) is 0 Å². The zero-order valence-electron chi connectivity index (χ0n) is 11.6. The van der Waals surface area contributed by atoms with Gasteiger partial charge in [0.25, 0.3) is 0 Å². The number of halogens is 1. The molecule has 0 bridgehead atoms. The summed E-state index contributed by atoms with van der Waals surface area (Å²) in [6.45, 7) is 5.57. The summed E-state index contributed by atoms with van der Waals surface area (Å²) < 4.78 is 1.84. The maximum absolute atomic E-state index is 10.8. The predicted octanol–water partition coefficient (Wildman–Crippen LogP) is 2.11. The Kier molecular flexibility index (Phi) is 3.47. The molecule has 1 aromatic heterocycles. The lowest BCUT2D eigenvalue weighted by molar-refractivity contribution is -0.0208. The van der Waals surface area contributed by atoms with Crippen LogP contribution in [0.5, 0.6) is 0 Å². The summed E-state index contributed by atoms with van der Waals surface area (Å²) in [5.74, 6) is 0. The van der Waals surface area contributed by atoms with Crippen molar-refractivity contribution in [1.29, 1.82) is 0 Å². The van der Waals surface area contributed by atoms with E-state index in [0.29, 0.717) is 5.02 Å². The van der Waals surface area contributed by atoms with E-state index in [-0.39, 0.29) is 5.41 Å². The Balaban J connectivity index is 2.29. The minimum Gasteiger partial charge on any atom is -0.383 e. The molecule has 1 aliphatic carbocycles. The summed E-state index contributed by atoms with van der Waals surface area (Å²) in [4.78, 5) is 2.09. The first kappa shape index (κ1) is 13.8. The molecule has 1 aliphatic rings. The van der Waals surface area contributed by atoms with E-state index in [9.17, 15) is 5.11 Å². The van der Waals surface area contributed by atoms with Crippen LogP contribution in [0, 0.1) is 5.41 Å². The molecule has 1 fully saturated rings. The van der Waals surface area contributed by atoms with Gasteiger partial charge in [-0.1, -0.05) is 18.5 Å². The van der Waals surface area contributed by atoms with Gasteiger partial charge in [0.2, 0.25) is 0 Å². The van der Waals surface area contributed by atoms with Gasteiger partial charge in [0.05, 0.1) is 23.5 Å². The Hall–Kier alpha value is -0.580. The minimum absolute atomic E-state index is 0.0630. The van der Waals surface area contributed by atoms with Crippen molar-refractivity contribution >= 4 is 11.6 Å². The molecule has 0 radical (unpaired) electrons. The highest BCUT2D eigenvalue weighted by molar-refractivity contribution is 6.31. The van der Waals surface area contributed by atoms with Crippen molar-refractivity contribution in [2.24, 2.45) is 5.41 Å². The van der Waals surface area contributed by atoms with Gasteiger partial charge in [-0.2, -0.15) is 5.10 Å². The summed E-state index contributed by atoms with van der Waals surface area (Å²) in [6.07, 6.45) is 3.71. The van der Waals surface area contributed by atoms with E-state index in [4.69, 9.17) is 11.6 Å². The highest BCUT2D eigenvalue weighted by Gasteiger charge is 2.55. The molecule has 0 aliphatic heterocycles. The second-order valence-corrected chi connectivity index (χ2v) is 6.41. The van der Waals surface area contributed by atoms with Gasteiger partial charge in [-0.25, -0.2) is 0 Å². The van der Waals surface area contributed by atoms with Gasteiger partial charge in [0, 0.05) is 12.0 Å². The molecule has 4 nitrogen and oxygen atoms in total. The molecule has 5 heteroatoms. The average molecular weight is 272 g/mol. The summed E-state index contributed by atoms with van der Waals surface area (Å²) in [5.41, 5.74) is -0.217. The number of nitrogens with zero attached hydrogens (tertiary/aromatic N) is 3. The number of hydrogen-bond donors (Lipinski definition) is 1. The van der Waals surface area contributed by atoms with Crippen LogP contribution in [0.15, 0.2) is 6.20 Å². The summed E-state index contributed by atoms with van der Waals surface area (Å²) in [6, 6.07) is 0. The molecule has 1 N–H and O–H groups in total. The van der Waals surface area contributed by atoms with Crippen LogP contribution >= 0.6 is 11.6 Å². The standard InChI is InChI=1S/C13H22ClN3O/c1-12(5-6-12)13(2,18)11-10(14)9-15-17(11)8-7-16(3)4/h9,18H,5-8H2,1-4H3. The number of hydrogen-bond acceptors (Lipinski definition) is 3. The van der Waals surface area contributed by atoms with Crippen molar-refractivity contribution in [1.82, 2.24) is 14.7 Å². The molecule has 1 atom stereocenters. The minimum atomic E-state index is -0.910. The number of aromatic nitrogens is 2. The van der Waals surface area contributed by atoms with Gasteiger partial charge in [-0.15, -0.1) is 0 Å². The van der Waals surface area contributed by atoms with Crippen molar-refractivity contribution < 1.29 is 5.11 Å². The van der Waals surface area contributed by atoms with Gasteiger partial charge < -0.3 is 10.0 Å². The van der Waals surface area contributed by atoms with Crippen molar-refractivity contribution in [2.45, 2.75) is 38.8 Å². The Bertz CT molecular complexity index is 435. The van der Waals surface area contributed by atoms with Crippen LogP contribution < -0.4 is 0 Å². The smallest absolute Gasteiger partial charge is 0.110 e. The molecule has 1 heterocycles. The third-order valence-corrected chi connectivity index (χ3v) is 4.47. The van der Waals surface area contributed by atoms with Crippen LogP contribution in [0.4, 0.5) is 0 Å². The Morgan fingerprint density at radius 3 is 2.67 bits per heavy atom. The molecule has 0 saturated heterocycles. The second-order valence-electron chi connectivity index (χ2n) is 6.00.